The molecule has 0 saturated heterocycles. The highest BCUT2D eigenvalue weighted by Gasteiger charge is 2.39. The van der Waals surface area contributed by atoms with Gasteiger partial charge in [-0.15, -0.1) is 0 Å². The van der Waals surface area contributed by atoms with Crippen LogP contribution in [0.25, 0.3) is 0 Å². The Labute approximate surface area is 118 Å². The number of carbonyl (C=O) groups is 1. The number of Topliss-reactive ketones (excluding diaryl/α,β-unsaturated/α-hetero) is 1. The van der Waals surface area contributed by atoms with Crippen LogP contribution in [0.4, 0.5) is 17.6 Å². The Morgan fingerprint density at radius 2 is 1.71 bits per heavy atom. The SMILES string of the molecule is O=C(c1cccc(OCc2ccc(F)cc2)c1)C(F)(F)F. The van der Waals surface area contributed by atoms with Gasteiger partial charge in [0, 0.05) is 5.56 Å². The van der Waals surface area contributed by atoms with Crippen LogP contribution in [0, 0.1) is 5.82 Å². The van der Waals surface area contributed by atoms with Crippen LogP contribution in [0.1, 0.15) is 15.9 Å². The van der Waals surface area contributed by atoms with Crippen LogP contribution in [-0.2, 0) is 6.61 Å². The molecule has 0 spiro atoms. The lowest BCUT2D eigenvalue weighted by Gasteiger charge is -2.09. The van der Waals surface area contributed by atoms with Crippen LogP contribution in [0.5, 0.6) is 5.75 Å². The molecule has 0 unspecified atom stereocenters. The molecule has 2 rings (SSSR count). The van der Waals surface area contributed by atoms with E-state index in [9.17, 15) is 22.4 Å². The van der Waals surface area contributed by atoms with Crippen LogP contribution in [0.15, 0.2) is 48.5 Å². The van der Waals surface area contributed by atoms with Crippen LogP contribution in [-0.4, -0.2) is 12.0 Å². The smallest absolute Gasteiger partial charge is 0.454 e. The summed E-state index contributed by atoms with van der Waals surface area (Å²) in [6.07, 6.45) is -4.92. The van der Waals surface area contributed by atoms with Gasteiger partial charge in [-0.3, -0.25) is 4.79 Å². The first-order valence-electron chi connectivity index (χ1n) is 5.95. The summed E-state index contributed by atoms with van der Waals surface area (Å²) in [5.41, 5.74) is 0.169. The predicted octanol–water partition coefficient (Wildman–Crippen LogP) is 4.15. The molecule has 0 aliphatic carbocycles. The summed E-state index contributed by atoms with van der Waals surface area (Å²) < 4.78 is 55.0. The molecule has 0 bridgehead atoms. The van der Waals surface area contributed by atoms with E-state index in [4.69, 9.17) is 4.74 Å². The van der Waals surface area contributed by atoms with Gasteiger partial charge in [-0.05, 0) is 29.8 Å². The minimum atomic E-state index is -4.92. The van der Waals surface area contributed by atoms with Gasteiger partial charge in [-0.2, -0.15) is 13.2 Å². The Balaban J connectivity index is 2.08. The zero-order chi connectivity index (χ0) is 15.5. The quantitative estimate of drug-likeness (QED) is 0.626. The van der Waals surface area contributed by atoms with Crippen molar-refractivity contribution < 1.29 is 27.1 Å². The fourth-order valence-corrected chi connectivity index (χ4v) is 1.64. The van der Waals surface area contributed by atoms with Crippen LogP contribution in [0.3, 0.4) is 0 Å². The molecule has 0 radical (unpaired) electrons. The first-order valence-corrected chi connectivity index (χ1v) is 5.95. The molecule has 0 heterocycles. The van der Waals surface area contributed by atoms with Gasteiger partial charge in [0.25, 0.3) is 5.78 Å². The number of rotatable bonds is 4. The number of halogens is 4. The fraction of sp³-hybridized carbons (Fsp3) is 0.133. The average Bonchev–Trinajstić information content (AvgIpc) is 2.45. The van der Waals surface area contributed by atoms with E-state index >= 15 is 0 Å². The maximum Gasteiger partial charge on any atom is 0.454 e. The lowest BCUT2D eigenvalue weighted by atomic mass is 10.1. The maximum atomic E-state index is 12.7. The van der Waals surface area contributed by atoms with E-state index in [1.165, 1.54) is 36.4 Å². The molecule has 0 fully saturated rings. The molecular weight excluding hydrogens is 288 g/mol. The topological polar surface area (TPSA) is 26.3 Å². The van der Waals surface area contributed by atoms with Crippen LogP contribution < -0.4 is 4.74 Å². The van der Waals surface area contributed by atoms with Crippen LogP contribution in [0.2, 0.25) is 0 Å². The third kappa shape index (κ3) is 4.05. The minimum Gasteiger partial charge on any atom is -0.489 e. The van der Waals surface area contributed by atoms with Gasteiger partial charge >= 0.3 is 6.18 Å². The minimum absolute atomic E-state index is 0.0595. The molecule has 2 aromatic carbocycles. The van der Waals surface area contributed by atoms with E-state index in [0.29, 0.717) is 5.56 Å². The van der Waals surface area contributed by atoms with Gasteiger partial charge in [0.05, 0.1) is 0 Å². The molecule has 2 nitrogen and oxygen atoms in total. The number of benzene rings is 2. The van der Waals surface area contributed by atoms with Gasteiger partial charge in [-0.1, -0.05) is 24.3 Å². The van der Waals surface area contributed by atoms with Gasteiger partial charge in [0.2, 0.25) is 0 Å². The van der Waals surface area contributed by atoms with Gasteiger partial charge in [0.15, 0.2) is 0 Å². The van der Waals surface area contributed by atoms with E-state index in [-0.39, 0.29) is 12.4 Å². The molecule has 0 N–H and O–H groups in total. The molecule has 110 valence electrons. The molecule has 0 aromatic heterocycles. The van der Waals surface area contributed by atoms with Crippen molar-refractivity contribution >= 4 is 5.78 Å². The third-order valence-corrected chi connectivity index (χ3v) is 2.67. The second kappa shape index (κ2) is 5.95. The molecule has 0 saturated carbocycles. The van der Waals surface area contributed by atoms with E-state index in [1.807, 2.05) is 0 Å². The Hall–Kier alpha value is -2.37. The normalized spacial score (nSPS) is 11.2. The fourth-order valence-electron chi connectivity index (χ4n) is 1.64. The number of carbonyl (C=O) groups excluding carboxylic acids is 1. The Kier molecular flexibility index (Phi) is 4.26. The van der Waals surface area contributed by atoms with Crippen molar-refractivity contribution in [1.82, 2.24) is 0 Å². The summed E-state index contributed by atoms with van der Waals surface area (Å²) in [7, 11) is 0. The predicted molar refractivity (Wildman–Crippen MR) is 67.6 cm³/mol. The zero-order valence-electron chi connectivity index (χ0n) is 10.7. The third-order valence-electron chi connectivity index (χ3n) is 2.67. The summed E-state index contributed by atoms with van der Waals surface area (Å²) in [4.78, 5) is 11.1. The van der Waals surface area contributed by atoms with Crippen LogP contribution >= 0.6 is 0 Å². The molecular formula is C15H10F4O2. The molecule has 0 amide bonds. The number of hydrogen-bond donors (Lipinski definition) is 0. The van der Waals surface area contributed by atoms with E-state index in [2.05, 4.69) is 0 Å². The first-order chi connectivity index (χ1) is 9.86. The van der Waals surface area contributed by atoms with Crippen molar-refractivity contribution in [3.63, 3.8) is 0 Å². The lowest BCUT2D eigenvalue weighted by molar-refractivity contribution is -0.0885. The van der Waals surface area contributed by atoms with Crippen molar-refractivity contribution in [3.8, 4) is 5.75 Å². The number of ketones is 1. The Bertz CT molecular complexity index is 633. The number of alkyl halides is 3. The van der Waals surface area contributed by atoms with Crippen molar-refractivity contribution in [2.24, 2.45) is 0 Å². The highest BCUT2D eigenvalue weighted by molar-refractivity contribution is 6.00. The summed E-state index contributed by atoms with van der Waals surface area (Å²) in [6, 6.07) is 10.3. The second-order valence-electron chi connectivity index (χ2n) is 4.27. The van der Waals surface area contributed by atoms with Gasteiger partial charge in [-0.25, -0.2) is 4.39 Å². The molecule has 6 heteroatoms. The molecule has 0 aliphatic heterocycles. The van der Waals surface area contributed by atoms with Crippen molar-refractivity contribution in [2.45, 2.75) is 12.8 Å². The standard InChI is InChI=1S/C15H10F4O2/c16-12-6-4-10(5-7-12)9-21-13-3-1-2-11(8-13)14(20)15(17,18)19/h1-8H,9H2. The largest absolute Gasteiger partial charge is 0.489 e. The highest BCUT2D eigenvalue weighted by Crippen LogP contribution is 2.24. The summed E-state index contributed by atoms with van der Waals surface area (Å²) in [5.74, 6) is -2.18. The summed E-state index contributed by atoms with van der Waals surface area (Å²) in [5, 5.41) is 0. The number of hydrogen-bond acceptors (Lipinski definition) is 2. The Morgan fingerprint density at radius 1 is 1.05 bits per heavy atom. The molecule has 0 atom stereocenters. The van der Waals surface area contributed by atoms with Crippen molar-refractivity contribution in [3.05, 3.63) is 65.5 Å². The van der Waals surface area contributed by atoms with Crippen molar-refractivity contribution in [1.29, 1.82) is 0 Å². The first kappa shape index (κ1) is 15.0. The second-order valence-corrected chi connectivity index (χ2v) is 4.27. The van der Waals surface area contributed by atoms with E-state index < -0.39 is 23.3 Å². The molecule has 21 heavy (non-hydrogen) atoms. The molecule has 2 aromatic rings. The van der Waals surface area contributed by atoms with E-state index in [0.717, 1.165) is 12.1 Å². The number of ether oxygens (including phenoxy) is 1. The average molecular weight is 298 g/mol. The monoisotopic (exact) mass is 298 g/mol. The zero-order valence-corrected chi connectivity index (χ0v) is 10.7. The van der Waals surface area contributed by atoms with Crippen molar-refractivity contribution in [2.75, 3.05) is 0 Å². The maximum absolute atomic E-state index is 12.7. The van der Waals surface area contributed by atoms with Gasteiger partial charge < -0.3 is 4.74 Å². The van der Waals surface area contributed by atoms with Gasteiger partial charge in [0.1, 0.15) is 18.2 Å². The summed E-state index contributed by atoms with van der Waals surface area (Å²) >= 11 is 0. The molecule has 0 aliphatic rings. The highest BCUT2D eigenvalue weighted by atomic mass is 19.4. The van der Waals surface area contributed by atoms with E-state index in [1.54, 1.807) is 0 Å². The Morgan fingerprint density at radius 3 is 2.33 bits per heavy atom. The lowest BCUT2D eigenvalue weighted by Crippen LogP contribution is -2.22. The summed E-state index contributed by atoms with van der Waals surface area (Å²) in [6.45, 7) is 0.0595.